The molecule has 82 valence electrons. The molecule has 0 bridgehead atoms. The van der Waals surface area contributed by atoms with Gasteiger partial charge in [-0.2, -0.15) is 0 Å². The average Bonchev–Trinajstić information content (AvgIpc) is 2.75. The van der Waals surface area contributed by atoms with Crippen molar-refractivity contribution in [3.63, 3.8) is 0 Å². The highest BCUT2D eigenvalue weighted by atomic mass is 127. The van der Waals surface area contributed by atoms with Gasteiger partial charge in [0.05, 0.1) is 12.6 Å². The number of halogens is 1. The molecule has 1 aromatic rings. The maximum Gasteiger partial charge on any atom is 0.0521 e. The van der Waals surface area contributed by atoms with Gasteiger partial charge in [0, 0.05) is 16.1 Å². The van der Waals surface area contributed by atoms with Gasteiger partial charge < -0.3 is 4.74 Å². The second kappa shape index (κ2) is 5.25. The lowest BCUT2D eigenvalue weighted by Gasteiger charge is -2.22. The summed E-state index contributed by atoms with van der Waals surface area (Å²) in [5, 5.41) is 0. The van der Waals surface area contributed by atoms with Crippen molar-refractivity contribution < 1.29 is 4.74 Å². The molecule has 0 spiro atoms. The van der Waals surface area contributed by atoms with Gasteiger partial charge in [0.25, 0.3) is 0 Å². The fraction of sp³-hybridized carbons (Fsp3) is 0.455. The summed E-state index contributed by atoms with van der Waals surface area (Å²) < 4.78 is 6.66. The van der Waals surface area contributed by atoms with Crippen molar-refractivity contribution in [3.05, 3.63) is 33.4 Å². The summed E-state index contributed by atoms with van der Waals surface area (Å²) in [6.07, 6.45) is 1.08. The van der Waals surface area contributed by atoms with Crippen molar-refractivity contribution in [3.8, 4) is 0 Å². The third kappa shape index (κ3) is 2.50. The number of nitrogens with one attached hydrogen (secondary N) is 1. The molecule has 2 rings (SSSR count). The average molecular weight is 318 g/mol. The van der Waals surface area contributed by atoms with Crippen LogP contribution in [-0.4, -0.2) is 13.2 Å². The van der Waals surface area contributed by atoms with Crippen molar-refractivity contribution in [2.24, 2.45) is 11.8 Å². The fourth-order valence-electron chi connectivity index (χ4n) is 2.02. The second-order valence-corrected chi connectivity index (χ2v) is 4.95. The monoisotopic (exact) mass is 318 g/mol. The van der Waals surface area contributed by atoms with E-state index in [1.54, 1.807) is 0 Å². The first-order chi connectivity index (χ1) is 7.33. The predicted octanol–water partition coefficient (Wildman–Crippen LogP) is 1.83. The van der Waals surface area contributed by atoms with Crippen molar-refractivity contribution in [2.45, 2.75) is 12.5 Å². The van der Waals surface area contributed by atoms with Crippen molar-refractivity contribution in [1.29, 1.82) is 0 Å². The minimum atomic E-state index is 0.209. The molecule has 1 aromatic carbocycles. The zero-order valence-electron chi connectivity index (χ0n) is 8.45. The number of ether oxygens (including phenoxy) is 1. The van der Waals surface area contributed by atoms with E-state index in [4.69, 9.17) is 10.6 Å². The minimum absolute atomic E-state index is 0.209. The van der Waals surface area contributed by atoms with Crippen LogP contribution in [0.2, 0.25) is 0 Å². The fourth-order valence-corrected chi connectivity index (χ4v) is 2.75. The zero-order valence-corrected chi connectivity index (χ0v) is 10.6. The first kappa shape index (κ1) is 11.3. The molecule has 1 heterocycles. The number of benzene rings is 1. The highest BCUT2D eigenvalue weighted by Crippen LogP contribution is 2.30. The van der Waals surface area contributed by atoms with Crippen LogP contribution >= 0.6 is 22.6 Å². The third-order valence-corrected chi connectivity index (χ3v) is 3.84. The van der Waals surface area contributed by atoms with E-state index in [1.807, 2.05) is 6.07 Å². The lowest BCUT2D eigenvalue weighted by Crippen LogP contribution is -2.34. The summed E-state index contributed by atoms with van der Waals surface area (Å²) in [6, 6.07) is 8.54. The van der Waals surface area contributed by atoms with E-state index in [0.29, 0.717) is 5.92 Å². The van der Waals surface area contributed by atoms with Gasteiger partial charge in [0.15, 0.2) is 0 Å². The first-order valence-corrected chi connectivity index (χ1v) is 6.19. The molecular formula is C11H15IN2O. The summed E-state index contributed by atoms with van der Waals surface area (Å²) in [4.78, 5) is 0. The van der Waals surface area contributed by atoms with Gasteiger partial charge in [0.2, 0.25) is 0 Å². The first-order valence-electron chi connectivity index (χ1n) is 5.11. The van der Waals surface area contributed by atoms with Gasteiger partial charge in [-0.05, 0) is 40.6 Å². The molecule has 1 aliphatic heterocycles. The predicted molar refractivity (Wildman–Crippen MR) is 68.1 cm³/mol. The highest BCUT2D eigenvalue weighted by Gasteiger charge is 2.27. The van der Waals surface area contributed by atoms with Crippen LogP contribution in [0.5, 0.6) is 0 Å². The Morgan fingerprint density at radius 1 is 1.47 bits per heavy atom. The Kier molecular flexibility index (Phi) is 3.96. The van der Waals surface area contributed by atoms with Gasteiger partial charge in [0.1, 0.15) is 0 Å². The molecule has 2 atom stereocenters. The lowest BCUT2D eigenvalue weighted by molar-refractivity contribution is 0.176. The summed E-state index contributed by atoms with van der Waals surface area (Å²) in [5.74, 6) is 6.14. The Hall–Kier alpha value is -0.170. The van der Waals surface area contributed by atoms with Crippen LogP contribution in [0.15, 0.2) is 24.3 Å². The molecule has 2 unspecified atom stereocenters. The zero-order chi connectivity index (χ0) is 10.7. The number of hydrazine groups is 1. The second-order valence-electron chi connectivity index (χ2n) is 3.79. The minimum Gasteiger partial charge on any atom is -0.381 e. The largest absolute Gasteiger partial charge is 0.381 e. The van der Waals surface area contributed by atoms with E-state index in [1.165, 1.54) is 9.13 Å². The molecule has 4 heteroatoms. The molecule has 0 radical (unpaired) electrons. The quantitative estimate of drug-likeness (QED) is 0.508. The molecule has 1 aliphatic rings. The van der Waals surface area contributed by atoms with Gasteiger partial charge >= 0.3 is 0 Å². The highest BCUT2D eigenvalue weighted by molar-refractivity contribution is 14.1. The normalized spacial score (nSPS) is 22.9. The standard InChI is InChI=1S/C11H15IN2O/c12-10-4-2-1-3-9(10)11(14-13)8-5-6-15-7-8/h1-4,8,11,14H,5-7,13H2. The van der Waals surface area contributed by atoms with E-state index in [0.717, 1.165) is 19.6 Å². The van der Waals surface area contributed by atoms with Crippen LogP contribution in [0, 0.1) is 9.49 Å². The summed E-state index contributed by atoms with van der Waals surface area (Å²) in [7, 11) is 0. The van der Waals surface area contributed by atoms with Crippen LogP contribution in [0.3, 0.4) is 0 Å². The Balaban J connectivity index is 2.22. The third-order valence-electron chi connectivity index (χ3n) is 2.86. The van der Waals surface area contributed by atoms with Gasteiger partial charge in [-0.1, -0.05) is 18.2 Å². The topological polar surface area (TPSA) is 47.3 Å². The van der Waals surface area contributed by atoms with Crippen LogP contribution in [0.4, 0.5) is 0 Å². The van der Waals surface area contributed by atoms with E-state index in [9.17, 15) is 0 Å². The molecule has 0 aliphatic carbocycles. The summed E-state index contributed by atoms with van der Waals surface area (Å²) in [5.41, 5.74) is 4.19. The van der Waals surface area contributed by atoms with Crippen LogP contribution in [0.1, 0.15) is 18.0 Å². The van der Waals surface area contributed by atoms with Gasteiger partial charge in [-0.25, -0.2) is 0 Å². The molecule has 1 saturated heterocycles. The Labute approximate surface area is 103 Å². The molecule has 0 amide bonds. The van der Waals surface area contributed by atoms with E-state index >= 15 is 0 Å². The lowest BCUT2D eigenvalue weighted by atomic mass is 9.93. The molecule has 0 saturated carbocycles. The van der Waals surface area contributed by atoms with E-state index < -0.39 is 0 Å². The molecule has 1 fully saturated rings. The summed E-state index contributed by atoms with van der Waals surface area (Å²) >= 11 is 2.35. The number of rotatable bonds is 3. The molecule has 0 aromatic heterocycles. The number of hydrogen-bond acceptors (Lipinski definition) is 3. The van der Waals surface area contributed by atoms with E-state index in [-0.39, 0.29) is 6.04 Å². The van der Waals surface area contributed by atoms with Crippen molar-refractivity contribution in [2.75, 3.05) is 13.2 Å². The Bertz CT molecular complexity index is 326. The van der Waals surface area contributed by atoms with Crippen LogP contribution in [0.25, 0.3) is 0 Å². The summed E-state index contributed by atoms with van der Waals surface area (Å²) in [6.45, 7) is 1.66. The molecular weight excluding hydrogens is 303 g/mol. The SMILES string of the molecule is NNC(c1ccccc1I)C1CCOC1. The van der Waals surface area contributed by atoms with Gasteiger partial charge in [-0.3, -0.25) is 11.3 Å². The molecule has 3 N–H and O–H groups in total. The number of nitrogens with two attached hydrogens (primary N) is 1. The van der Waals surface area contributed by atoms with Crippen LogP contribution in [-0.2, 0) is 4.74 Å². The van der Waals surface area contributed by atoms with Crippen molar-refractivity contribution in [1.82, 2.24) is 5.43 Å². The smallest absolute Gasteiger partial charge is 0.0521 e. The molecule has 3 nitrogen and oxygen atoms in total. The Morgan fingerprint density at radius 3 is 2.87 bits per heavy atom. The van der Waals surface area contributed by atoms with E-state index in [2.05, 4.69) is 46.2 Å². The Morgan fingerprint density at radius 2 is 2.27 bits per heavy atom. The number of hydrogen-bond donors (Lipinski definition) is 2. The van der Waals surface area contributed by atoms with Crippen molar-refractivity contribution >= 4 is 22.6 Å². The van der Waals surface area contributed by atoms with Gasteiger partial charge in [-0.15, -0.1) is 0 Å². The molecule has 15 heavy (non-hydrogen) atoms. The maximum atomic E-state index is 5.64. The maximum absolute atomic E-state index is 5.64. The van der Waals surface area contributed by atoms with Crippen LogP contribution < -0.4 is 11.3 Å².